The molecule has 0 radical (unpaired) electrons. The van der Waals surface area contributed by atoms with Crippen molar-refractivity contribution in [3.8, 4) is 5.75 Å². The zero-order chi connectivity index (χ0) is 17.5. The Hall–Kier alpha value is -3.08. The van der Waals surface area contributed by atoms with Crippen LogP contribution in [0.4, 0.5) is 11.4 Å². The van der Waals surface area contributed by atoms with Crippen LogP contribution in [0.1, 0.15) is 6.92 Å². The smallest absolute Gasteiger partial charge is 0.325 e. The first kappa shape index (κ1) is 15.8. The van der Waals surface area contributed by atoms with Crippen LogP contribution in [-0.2, 0) is 14.8 Å². The summed E-state index contributed by atoms with van der Waals surface area (Å²) in [5, 5.41) is 2.58. The number of nitrogens with one attached hydrogen (secondary N) is 4. The van der Waals surface area contributed by atoms with Crippen LogP contribution < -0.4 is 26.0 Å². The molecule has 1 unspecified atom stereocenters. The van der Waals surface area contributed by atoms with E-state index in [2.05, 4.69) is 15.0 Å². The number of amides is 1. The molecule has 0 bridgehead atoms. The number of ether oxygens (including phenoxy) is 1. The second-order valence-electron chi connectivity index (χ2n) is 5.00. The number of aromatic amines is 2. The van der Waals surface area contributed by atoms with Gasteiger partial charge in [0.05, 0.1) is 11.4 Å². The van der Waals surface area contributed by atoms with E-state index in [1.54, 1.807) is 6.92 Å². The van der Waals surface area contributed by atoms with Gasteiger partial charge in [0.2, 0.25) is 0 Å². The number of carbonyl (C=O) groups is 1. The van der Waals surface area contributed by atoms with E-state index in [-0.39, 0.29) is 11.6 Å². The Morgan fingerprint density at radius 1 is 1.21 bits per heavy atom. The molecule has 3 rings (SSSR count). The largest absolute Gasteiger partial charge is 0.479 e. The van der Waals surface area contributed by atoms with E-state index < -0.39 is 32.3 Å². The van der Waals surface area contributed by atoms with E-state index in [9.17, 15) is 22.8 Å². The molecule has 0 saturated carbocycles. The topological polar surface area (TPSA) is 150 Å². The van der Waals surface area contributed by atoms with E-state index in [0.29, 0.717) is 11.4 Å². The minimum Gasteiger partial charge on any atom is -0.479 e. The Labute approximate surface area is 134 Å². The summed E-state index contributed by atoms with van der Waals surface area (Å²) in [6, 6.07) is 4.26. The predicted octanol–water partition coefficient (Wildman–Crippen LogP) is -0.417. The van der Waals surface area contributed by atoms with Gasteiger partial charge < -0.3 is 15.0 Å². The van der Waals surface area contributed by atoms with Gasteiger partial charge in [-0.15, -0.1) is 0 Å². The first-order valence-electron chi connectivity index (χ1n) is 6.73. The Bertz CT molecular complexity index is 1040. The molecule has 2 aromatic rings. The molecule has 1 atom stereocenters. The van der Waals surface area contributed by atoms with Crippen LogP contribution in [0.15, 0.2) is 38.9 Å². The highest BCUT2D eigenvalue weighted by Crippen LogP contribution is 2.32. The fourth-order valence-corrected chi connectivity index (χ4v) is 3.14. The Kier molecular flexibility index (Phi) is 3.64. The Balaban J connectivity index is 1.94. The maximum absolute atomic E-state index is 12.2. The van der Waals surface area contributed by atoms with E-state index in [4.69, 9.17) is 4.74 Å². The van der Waals surface area contributed by atoms with Gasteiger partial charge in [0.1, 0.15) is 5.75 Å². The zero-order valence-corrected chi connectivity index (χ0v) is 13.1. The molecule has 0 saturated heterocycles. The summed E-state index contributed by atoms with van der Waals surface area (Å²) in [6.45, 7) is 1.58. The number of hydrogen-bond acceptors (Lipinski definition) is 6. The first-order chi connectivity index (χ1) is 11.3. The van der Waals surface area contributed by atoms with Crippen molar-refractivity contribution < 1.29 is 17.9 Å². The number of benzene rings is 1. The Morgan fingerprint density at radius 3 is 2.67 bits per heavy atom. The van der Waals surface area contributed by atoms with Gasteiger partial charge in [-0.05, 0) is 25.1 Å². The number of anilines is 2. The van der Waals surface area contributed by atoms with Crippen molar-refractivity contribution in [3.05, 3.63) is 45.2 Å². The second kappa shape index (κ2) is 5.53. The molecule has 11 heteroatoms. The molecule has 1 amide bonds. The molecule has 2 heterocycles. The van der Waals surface area contributed by atoms with Crippen molar-refractivity contribution in [2.24, 2.45) is 0 Å². The zero-order valence-electron chi connectivity index (χ0n) is 12.2. The van der Waals surface area contributed by atoms with E-state index >= 15 is 0 Å². The van der Waals surface area contributed by atoms with Gasteiger partial charge >= 0.3 is 5.69 Å². The van der Waals surface area contributed by atoms with E-state index in [0.717, 1.165) is 6.20 Å². The third-order valence-corrected chi connectivity index (χ3v) is 4.62. The van der Waals surface area contributed by atoms with Gasteiger partial charge in [0, 0.05) is 6.20 Å². The molecule has 4 N–H and O–H groups in total. The van der Waals surface area contributed by atoms with Crippen molar-refractivity contribution in [1.82, 2.24) is 9.97 Å². The van der Waals surface area contributed by atoms with Crippen LogP contribution in [0.2, 0.25) is 0 Å². The first-order valence-corrected chi connectivity index (χ1v) is 8.21. The SMILES string of the molecule is CC1Oc2ccc(NS(=O)(=O)c3c[nH]c(=O)[nH]c3=O)cc2NC1=O. The standard InChI is InChI=1S/C13H12N4O6S/c1-6-11(18)15-8-4-7(2-3-9(8)23-6)17-24(21,22)10-5-14-13(20)16-12(10)19/h2-6,17H,1H3,(H,15,18)(H2,14,16,19,20). The third-order valence-electron chi connectivity index (χ3n) is 3.24. The highest BCUT2D eigenvalue weighted by Gasteiger charge is 2.25. The number of sulfonamides is 1. The van der Waals surface area contributed by atoms with E-state index in [1.165, 1.54) is 18.2 Å². The molecule has 1 aliphatic rings. The summed E-state index contributed by atoms with van der Waals surface area (Å²) in [7, 11) is -4.23. The van der Waals surface area contributed by atoms with Crippen LogP contribution in [0, 0.1) is 0 Å². The van der Waals surface area contributed by atoms with Gasteiger partial charge in [0.25, 0.3) is 21.5 Å². The molecular formula is C13H12N4O6S. The van der Waals surface area contributed by atoms with Crippen molar-refractivity contribution in [1.29, 1.82) is 0 Å². The molecule has 1 aromatic heterocycles. The van der Waals surface area contributed by atoms with Crippen molar-refractivity contribution in [3.63, 3.8) is 0 Å². The number of rotatable bonds is 3. The second-order valence-corrected chi connectivity index (χ2v) is 6.65. The van der Waals surface area contributed by atoms with Gasteiger partial charge in [0.15, 0.2) is 11.0 Å². The fraction of sp³-hybridized carbons (Fsp3) is 0.154. The normalized spacial score (nSPS) is 16.7. The predicted molar refractivity (Wildman–Crippen MR) is 83.7 cm³/mol. The number of H-pyrrole nitrogens is 2. The molecule has 126 valence electrons. The molecule has 10 nitrogen and oxygen atoms in total. The van der Waals surface area contributed by atoms with Crippen LogP contribution >= 0.6 is 0 Å². The number of carbonyl (C=O) groups excluding carboxylic acids is 1. The average molecular weight is 352 g/mol. The summed E-state index contributed by atoms with van der Waals surface area (Å²) in [6.07, 6.45) is 0.147. The lowest BCUT2D eigenvalue weighted by molar-refractivity contribution is -0.122. The summed E-state index contributed by atoms with van der Waals surface area (Å²) in [5.74, 6) is 0.0338. The highest BCUT2D eigenvalue weighted by molar-refractivity contribution is 7.92. The molecule has 1 aromatic carbocycles. The quantitative estimate of drug-likeness (QED) is 0.589. The lowest BCUT2D eigenvalue weighted by Crippen LogP contribution is -2.34. The summed E-state index contributed by atoms with van der Waals surface area (Å²) >= 11 is 0. The molecule has 24 heavy (non-hydrogen) atoms. The molecule has 0 fully saturated rings. The average Bonchev–Trinajstić information content (AvgIpc) is 2.48. The van der Waals surface area contributed by atoms with Crippen LogP contribution in [0.3, 0.4) is 0 Å². The third kappa shape index (κ3) is 2.88. The lowest BCUT2D eigenvalue weighted by atomic mass is 10.2. The minimum absolute atomic E-state index is 0.109. The van der Waals surface area contributed by atoms with E-state index in [1.807, 2.05) is 4.98 Å². The maximum atomic E-state index is 12.2. The van der Waals surface area contributed by atoms with Gasteiger partial charge in [-0.1, -0.05) is 0 Å². The van der Waals surface area contributed by atoms with Crippen molar-refractivity contribution in [2.45, 2.75) is 17.9 Å². The number of fused-ring (bicyclic) bond motifs is 1. The number of aromatic nitrogens is 2. The highest BCUT2D eigenvalue weighted by atomic mass is 32.2. The monoisotopic (exact) mass is 352 g/mol. The lowest BCUT2D eigenvalue weighted by Gasteiger charge is -2.23. The van der Waals surface area contributed by atoms with Gasteiger partial charge in [-0.25, -0.2) is 13.2 Å². The maximum Gasteiger partial charge on any atom is 0.325 e. The van der Waals surface area contributed by atoms with Crippen LogP contribution in [0.5, 0.6) is 5.75 Å². The van der Waals surface area contributed by atoms with Crippen LogP contribution in [0.25, 0.3) is 0 Å². The van der Waals surface area contributed by atoms with Crippen LogP contribution in [-0.4, -0.2) is 30.4 Å². The fourth-order valence-electron chi connectivity index (χ4n) is 2.08. The summed E-state index contributed by atoms with van der Waals surface area (Å²) in [4.78, 5) is 37.4. The van der Waals surface area contributed by atoms with Gasteiger partial charge in [-0.3, -0.25) is 19.3 Å². The molecular weight excluding hydrogens is 340 g/mol. The van der Waals surface area contributed by atoms with Crippen molar-refractivity contribution >= 4 is 27.3 Å². The number of hydrogen-bond donors (Lipinski definition) is 4. The minimum atomic E-state index is -4.23. The summed E-state index contributed by atoms with van der Waals surface area (Å²) < 4.78 is 32.0. The Morgan fingerprint density at radius 2 is 1.96 bits per heavy atom. The van der Waals surface area contributed by atoms with Crippen molar-refractivity contribution in [2.75, 3.05) is 10.0 Å². The molecule has 0 aliphatic carbocycles. The van der Waals surface area contributed by atoms with Gasteiger partial charge in [-0.2, -0.15) is 0 Å². The summed E-state index contributed by atoms with van der Waals surface area (Å²) in [5.41, 5.74) is -1.46. The molecule has 0 spiro atoms. The molecule has 1 aliphatic heterocycles.